The molecule has 0 spiro atoms. The second kappa shape index (κ2) is 7.45. The highest BCUT2D eigenvalue weighted by atomic mass is 33.1. The molecule has 1 rings (SSSR count). The smallest absolute Gasteiger partial charge is 0.0291 e. The van der Waals surface area contributed by atoms with Crippen LogP contribution in [0.4, 0.5) is 0 Å². The first-order valence-electron chi connectivity index (χ1n) is 4.68. The molecule has 1 saturated heterocycles. The minimum atomic E-state index is 0.631. The van der Waals surface area contributed by atoms with E-state index in [1.807, 2.05) is 35.4 Å². The van der Waals surface area contributed by atoms with Crippen molar-refractivity contribution in [3.63, 3.8) is 0 Å². The van der Waals surface area contributed by atoms with Crippen molar-refractivity contribution >= 4 is 34.2 Å². The zero-order chi connectivity index (χ0) is 9.56. The van der Waals surface area contributed by atoms with Crippen LogP contribution in [0, 0.1) is 5.92 Å². The van der Waals surface area contributed by atoms with E-state index in [1.54, 1.807) is 0 Å². The third-order valence-corrected chi connectivity index (χ3v) is 5.70. The van der Waals surface area contributed by atoms with Crippen molar-refractivity contribution in [3.8, 4) is 0 Å². The maximum absolute atomic E-state index is 4.56. The molecule has 3 heteroatoms. The molecule has 1 aliphatic rings. The van der Waals surface area contributed by atoms with Crippen LogP contribution in [0.3, 0.4) is 0 Å². The Hall–Kier alpha value is 1.05. The zero-order valence-electron chi connectivity index (χ0n) is 8.41. The van der Waals surface area contributed by atoms with Crippen LogP contribution in [-0.4, -0.2) is 16.3 Å². The van der Waals surface area contributed by atoms with E-state index in [9.17, 15) is 0 Å². The molecule has 0 aromatic heterocycles. The maximum atomic E-state index is 4.56. The highest BCUT2D eigenvalue weighted by molar-refractivity contribution is 8.77. The van der Waals surface area contributed by atoms with Gasteiger partial charge in [-0.25, -0.2) is 0 Å². The topological polar surface area (TPSA) is 0 Å². The molecule has 12 heavy (non-hydrogen) atoms. The molecule has 0 aromatic carbocycles. The average Bonchev–Trinajstić information content (AvgIpc) is 2.08. The third-order valence-electron chi connectivity index (χ3n) is 1.71. The van der Waals surface area contributed by atoms with E-state index >= 15 is 0 Å². The van der Waals surface area contributed by atoms with Crippen molar-refractivity contribution < 1.29 is 0 Å². The minimum Gasteiger partial charge on any atom is -0.175 e. The van der Waals surface area contributed by atoms with Crippen LogP contribution in [0.25, 0.3) is 0 Å². The number of rotatable bonds is 1. The Morgan fingerprint density at radius 3 is 2.25 bits per heavy atom. The first-order chi connectivity index (χ1) is 5.72. The summed E-state index contributed by atoms with van der Waals surface area (Å²) in [6.45, 7) is 8.57. The van der Waals surface area contributed by atoms with Gasteiger partial charge in [0.1, 0.15) is 0 Å². The van der Waals surface area contributed by atoms with Crippen LogP contribution >= 0.6 is 34.2 Å². The first-order valence-corrected chi connectivity index (χ1v) is 7.58. The molecule has 0 amide bonds. The van der Waals surface area contributed by atoms with Crippen LogP contribution in [-0.2, 0) is 0 Å². The molecular formula is C9H20S3. The molecule has 0 aliphatic carbocycles. The first kappa shape index (κ1) is 13.1. The fourth-order valence-electron chi connectivity index (χ4n) is 1.08. The molecule has 2 unspecified atom stereocenters. The zero-order valence-corrected chi connectivity index (χ0v) is 10.9. The summed E-state index contributed by atoms with van der Waals surface area (Å²) in [7, 11) is 4.02. The largest absolute Gasteiger partial charge is 0.175 e. The fraction of sp³-hybridized carbons (Fsp3) is 1.00. The van der Waals surface area contributed by atoms with Gasteiger partial charge in [-0.05, 0) is 12.3 Å². The molecule has 0 N–H and O–H groups in total. The van der Waals surface area contributed by atoms with Gasteiger partial charge in [0.25, 0.3) is 0 Å². The van der Waals surface area contributed by atoms with E-state index in [-0.39, 0.29) is 0 Å². The van der Waals surface area contributed by atoms with E-state index in [0.717, 1.165) is 11.2 Å². The lowest BCUT2D eigenvalue weighted by Crippen LogP contribution is -2.26. The van der Waals surface area contributed by atoms with Crippen molar-refractivity contribution in [1.29, 1.82) is 0 Å². The molecule has 0 saturated carbocycles. The van der Waals surface area contributed by atoms with Crippen LogP contribution in [0.15, 0.2) is 0 Å². The Kier molecular flexibility index (Phi) is 8.11. The van der Waals surface area contributed by atoms with Crippen molar-refractivity contribution in [1.82, 2.24) is 0 Å². The normalized spacial score (nSPS) is 29.5. The highest BCUT2D eigenvalue weighted by Crippen LogP contribution is 2.41. The third kappa shape index (κ3) is 4.33. The Labute approximate surface area is 90.5 Å². The molecule has 0 nitrogen and oxygen atoms in total. The molecule has 0 aromatic rings. The lowest BCUT2D eigenvalue weighted by molar-refractivity contribution is 0.581. The molecule has 1 aliphatic heterocycles. The summed E-state index contributed by atoms with van der Waals surface area (Å²) in [5.41, 5.74) is 0. The van der Waals surface area contributed by atoms with Crippen LogP contribution < -0.4 is 0 Å². The Morgan fingerprint density at radius 2 is 1.92 bits per heavy atom. The molecule has 0 radical (unpaired) electrons. The fourth-order valence-corrected chi connectivity index (χ4v) is 5.36. The second-order valence-electron chi connectivity index (χ2n) is 2.98. The van der Waals surface area contributed by atoms with E-state index in [0.29, 0.717) is 5.25 Å². The van der Waals surface area contributed by atoms with Gasteiger partial charge in [-0.1, -0.05) is 49.3 Å². The summed E-state index contributed by atoms with van der Waals surface area (Å²) in [6, 6.07) is 0. The second-order valence-corrected chi connectivity index (χ2v) is 6.31. The van der Waals surface area contributed by atoms with Gasteiger partial charge in [0.2, 0.25) is 0 Å². The summed E-state index contributed by atoms with van der Waals surface area (Å²) in [5.74, 6) is 2.06. The quantitative estimate of drug-likeness (QED) is 0.525. The van der Waals surface area contributed by atoms with Crippen molar-refractivity contribution in [2.45, 2.75) is 44.6 Å². The lowest BCUT2D eigenvalue weighted by Gasteiger charge is -2.29. The van der Waals surface area contributed by atoms with Crippen molar-refractivity contribution in [2.24, 2.45) is 5.92 Å². The van der Waals surface area contributed by atoms with Crippen LogP contribution in [0.1, 0.15) is 34.1 Å². The summed E-state index contributed by atoms with van der Waals surface area (Å²) in [4.78, 5) is 0. The molecule has 2 atom stereocenters. The lowest BCUT2D eigenvalue weighted by atomic mass is 10.1. The standard InChI is InChI=1S/C7H14S3.C2H6/c1-5(2)7-6(8)3-4-9-10-7;1-2/h5-8H,3-4H2,1-2H3;1-2H3. The predicted octanol–water partition coefficient (Wildman–Crippen LogP) is 4.12. The number of hydrogen-bond acceptors (Lipinski definition) is 3. The van der Waals surface area contributed by atoms with Gasteiger partial charge in [0, 0.05) is 16.3 Å². The maximum Gasteiger partial charge on any atom is 0.0291 e. The molecule has 0 bridgehead atoms. The number of thiol groups is 1. The summed E-state index contributed by atoms with van der Waals surface area (Å²) in [6.07, 6.45) is 1.28. The van der Waals surface area contributed by atoms with Gasteiger partial charge in [-0.15, -0.1) is 0 Å². The van der Waals surface area contributed by atoms with Gasteiger partial charge < -0.3 is 0 Å². The van der Waals surface area contributed by atoms with Gasteiger partial charge >= 0.3 is 0 Å². The average molecular weight is 224 g/mol. The predicted molar refractivity (Wildman–Crippen MR) is 67.4 cm³/mol. The SMILES string of the molecule is CC.CC(C)C1SSCCC1S. The Balaban J connectivity index is 0.000000561. The highest BCUT2D eigenvalue weighted by Gasteiger charge is 2.25. The Bertz CT molecular complexity index is 104. The van der Waals surface area contributed by atoms with Crippen LogP contribution in [0.2, 0.25) is 0 Å². The van der Waals surface area contributed by atoms with Gasteiger partial charge in [0.05, 0.1) is 0 Å². The molecule has 1 fully saturated rings. The molecule has 74 valence electrons. The van der Waals surface area contributed by atoms with Crippen molar-refractivity contribution in [3.05, 3.63) is 0 Å². The Morgan fingerprint density at radius 1 is 1.33 bits per heavy atom. The van der Waals surface area contributed by atoms with Gasteiger partial charge in [-0.2, -0.15) is 12.6 Å². The van der Waals surface area contributed by atoms with E-state index in [1.165, 1.54) is 12.2 Å². The summed E-state index contributed by atoms with van der Waals surface area (Å²) in [5, 5.41) is 1.40. The van der Waals surface area contributed by atoms with Gasteiger partial charge in [0.15, 0.2) is 0 Å². The summed E-state index contributed by atoms with van der Waals surface area (Å²) < 4.78 is 0. The number of hydrogen-bond donors (Lipinski definition) is 1. The van der Waals surface area contributed by atoms with Crippen LogP contribution in [0.5, 0.6) is 0 Å². The monoisotopic (exact) mass is 224 g/mol. The van der Waals surface area contributed by atoms with E-state index in [2.05, 4.69) is 26.5 Å². The van der Waals surface area contributed by atoms with Gasteiger partial charge in [-0.3, -0.25) is 0 Å². The molecular weight excluding hydrogens is 204 g/mol. The minimum absolute atomic E-state index is 0.631. The van der Waals surface area contributed by atoms with E-state index < -0.39 is 0 Å². The van der Waals surface area contributed by atoms with Crippen molar-refractivity contribution in [2.75, 3.05) is 5.75 Å². The molecule has 1 heterocycles. The summed E-state index contributed by atoms with van der Waals surface area (Å²) >= 11 is 4.56. The van der Waals surface area contributed by atoms with E-state index in [4.69, 9.17) is 0 Å².